The van der Waals surface area contributed by atoms with Crippen molar-refractivity contribution in [2.75, 3.05) is 17.4 Å². The van der Waals surface area contributed by atoms with Crippen LogP contribution in [0.2, 0.25) is 0 Å². The van der Waals surface area contributed by atoms with Gasteiger partial charge in [-0.1, -0.05) is 30.3 Å². The Balaban J connectivity index is 2.27. The smallest absolute Gasteiger partial charge is 0.276 e. The minimum Gasteiger partial charge on any atom is -0.355 e. The Bertz CT molecular complexity index is 603. The van der Waals surface area contributed by atoms with Gasteiger partial charge < -0.3 is 10.3 Å². The van der Waals surface area contributed by atoms with Crippen molar-refractivity contribution in [3.8, 4) is 0 Å². The van der Waals surface area contributed by atoms with E-state index in [2.05, 4.69) is 10.4 Å². The summed E-state index contributed by atoms with van der Waals surface area (Å²) in [5, 5.41) is 10.9. The Labute approximate surface area is 116 Å². The fraction of sp³-hybridized carbons (Fsp3) is 0.154. The minimum atomic E-state index is -0.470. The number of hydrogen-bond acceptors (Lipinski definition) is 6. The van der Waals surface area contributed by atoms with Crippen LogP contribution in [-0.4, -0.2) is 17.0 Å². The maximum absolute atomic E-state index is 10.9. The molecule has 20 heavy (non-hydrogen) atoms. The van der Waals surface area contributed by atoms with Gasteiger partial charge in [-0.25, -0.2) is 10.8 Å². The van der Waals surface area contributed by atoms with Crippen molar-refractivity contribution in [1.82, 2.24) is 4.98 Å². The highest BCUT2D eigenvalue weighted by atomic mass is 16.6. The van der Waals surface area contributed by atoms with Crippen molar-refractivity contribution in [3.63, 3.8) is 0 Å². The van der Waals surface area contributed by atoms with Gasteiger partial charge in [-0.2, -0.15) is 0 Å². The number of nitrogens with two attached hydrogens (primary N) is 1. The molecule has 2 rings (SSSR count). The average Bonchev–Trinajstić information content (AvgIpc) is 2.47. The molecule has 7 heteroatoms. The molecule has 1 heterocycles. The summed E-state index contributed by atoms with van der Waals surface area (Å²) in [5.41, 5.74) is 3.37. The largest absolute Gasteiger partial charge is 0.355 e. The van der Waals surface area contributed by atoms with Gasteiger partial charge in [0.25, 0.3) is 5.69 Å². The molecule has 1 aromatic carbocycles. The lowest BCUT2D eigenvalue weighted by Gasteiger charge is -2.18. The van der Waals surface area contributed by atoms with E-state index < -0.39 is 4.92 Å². The first-order chi connectivity index (χ1) is 9.60. The van der Waals surface area contributed by atoms with E-state index in [0.717, 1.165) is 5.56 Å². The Morgan fingerprint density at radius 1 is 1.35 bits per heavy atom. The summed E-state index contributed by atoms with van der Waals surface area (Å²) in [5.74, 6) is 6.03. The van der Waals surface area contributed by atoms with E-state index in [1.54, 1.807) is 0 Å². The quantitative estimate of drug-likeness (QED) is 0.490. The van der Waals surface area contributed by atoms with Gasteiger partial charge in [0.15, 0.2) is 0 Å². The average molecular weight is 273 g/mol. The molecule has 7 nitrogen and oxygen atoms in total. The highest BCUT2D eigenvalue weighted by Gasteiger charge is 2.13. The van der Waals surface area contributed by atoms with Gasteiger partial charge in [0.05, 0.1) is 17.1 Å². The normalized spacial score (nSPS) is 10.1. The Hall–Kier alpha value is -2.67. The number of rotatable bonds is 5. The molecule has 3 N–H and O–H groups in total. The summed E-state index contributed by atoms with van der Waals surface area (Å²) in [6.07, 6.45) is 0. The van der Waals surface area contributed by atoms with Crippen LogP contribution in [0, 0.1) is 10.1 Å². The number of nitro groups is 1. The monoisotopic (exact) mass is 273 g/mol. The fourth-order valence-electron chi connectivity index (χ4n) is 1.82. The van der Waals surface area contributed by atoms with Crippen LogP contribution in [0.3, 0.4) is 0 Å². The summed E-state index contributed by atoms with van der Waals surface area (Å²) in [6.45, 7) is 0.596. The summed E-state index contributed by atoms with van der Waals surface area (Å²) in [6, 6.07) is 12.5. The van der Waals surface area contributed by atoms with Crippen molar-refractivity contribution in [2.45, 2.75) is 6.54 Å². The van der Waals surface area contributed by atoms with Crippen LogP contribution < -0.4 is 16.2 Å². The first-order valence-corrected chi connectivity index (χ1v) is 5.98. The standard InChI is InChI=1S/C13H15N5O2/c1-17(9-10-5-3-2-4-6-10)13-8-11(18(19)20)7-12(15-13)16-14/h2-8H,9,14H2,1H3,(H,15,16). The second kappa shape index (κ2) is 5.98. The Kier molecular flexibility index (Phi) is 4.11. The van der Waals surface area contributed by atoms with E-state index in [9.17, 15) is 10.1 Å². The highest BCUT2D eigenvalue weighted by molar-refractivity contribution is 5.55. The Morgan fingerprint density at radius 2 is 2.05 bits per heavy atom. The third-order valence-corrected chi connectivity index (χ3v) is 2.81. The molecule has 104 valence electrons. The number of hydrogen-bond donors (Lipinski definition) is 2. The maximum atomic E-state index is 10.9. The van der Waals surface area contributed by atoms with E-state index in [-0.39, 0.29) is 11.5 Å². The van der Waals surface area contributed by atoms with Gasteiger partial charge in [-0.15, -0.1) is 0 Å². The van der Waals surface area contributed by atoms with Gasteiger partial charge in [-0.3, -0.25) is 10.1 Å². The molecule has 0 radical (unpaired) electrons. The molecule has 0 aliphatic carbocycles. The SMILES string of the molecule is CN(Cc1ccccc1)c1cc([N+](=O)[O-])cc(NN)n1. The minimum absolute atomic E-state index is 0.0529. The number of hydrazine groups is 1. The molecule has 0 spiro atoms. The molecular weight excluding hydrogens is 258 g/mol. The topological polar surface area (TPSA) is 97.3 Å². The highest BCUT2D eigenvalue weighted by Crippen LogP contribution is 2.23. The zero-order valence-corrected chi connectivity index (χ0v) is 11.0. The molecule has 2 aromatic rings. The van der Waals surface area contributed by atoms with Crippen molar-refractivity contribution >= 4 is 17.3 Å². The van der Waals surface area contributed by atoms with Crippen molar-refractivity contribution in [1.29, 1.82) is 0 Å². The number of nitrogens with one attached hydrogen (secondary N) is 1. The van der Waals surface area contributed by atoms with E-state index in [4.69, 9.17) is 5.84 Å². The van der Waals surface area contributed by atoms with E-state index in [1.165, 1.54) is 12.1 Å². The van der Waals surface area contributed by atoms with Gasteiger partial charge in [0.2, 0.25) is 0 Å². The number of nitrogens with zero attached hydrogens (tertiary/aromatic N) is 3. The van der Waals surface area contributed by atoms with Crippen LogP contribution in [0.1, 0.15) is 5.56 Å². The van der Waals surface area contributed by atoms with Gasteiger partial charge in [0, 0.05) is 13.6 Å². The summed E-state index contributed by atoms with van der Waals surface area (Å²) in [4.78, 5) is 16.5. The van der Waals surface area contributed by atoms with Gasteiger partial charge >= 0.3 is 0 Å². The van der Waals surface area contributed by atoms with Crippen LogP contribution in [0.25, 0.3) is 0 Å². The summed E-state index contributed by atoms with van der Waals surface area (Å²) >= 11 is 0. The van der Waals surface area contributed by atoms with Crippen molar-refractivity contribution < 1.29 is 4.92 Å². The molecule has 0 saturated heterocycles. The fourth-order valence-corrected chi connectivity index (χ4v) is 1.82. The molecular formula is C13H15N5O2. The molecule has 1 aromatic heterocycles. The predicted molar refractivity (Wildman–Crippen MR) is 77.3 cm³/mol. The zero-order chi connectivity index (χ0) is 14.5. The van der Waals surface area contributed by atoms with E-state index in [1.807, 2.05) is 42.3 Å². The summed E-state index contributed by atoms with van der Waals surface area (Å²) in [7, 11) is 1.82. The zero-order valence-electron chi connectivity index (χ0n) is 11.0. The number of aromatic nitrogens is 1. The molecule has 0 fully saturated rings. The number of pyridine rings is 1. The maximum Gasteiger partial charge on any atom is 0.276 e. The van der Waals surface area contributed by atoms with E-state index >= 15 is 0 Å². The lowest BCUT2D eigenvalue weighted by molar-refractivity contribution is -0.384. The third-order valence-electron chi connectivity index (χ3n) is 2.81. The molecule has 0 bridgehead atoms. The molecule has 0 aliphatic heterocycles. The van der Waals surface area contributed by atoms with Crippen LogP contribution in [0.5, 0.6) is 0 Å². The van der Waals surface area contributed by atoms with Crippen molar-refractivity contribution in [3.05, 3.63) is 58.1 Å². The Morgan fingerprint density at radius 3 is 2.65 bits per heavy atom. The molecule has 0 saturated carbocycles. The van der Waals surface area contributed by atoms with Crippen LogP contribution in [0.15, 0.2) is 42.5 Å². The molecule has 0 aliphatic rings. The lowest BCUT2D eigenvalue weighted by Crippen LogP contribution is -2.19. The predicted octanol–water partition coefficient (Wildman–Crippen LogP) is 1.91. The third kappa shape index (κ3) is 3.21. The number of benzene rings is 1. The molecule has 0 unspecified atom stereocenters. The second-order valence-electron chi connectivity index (χ2n) is 4.31. The van der Waals surface area contributed by atoms with Gasteiger partial charge in [-0.05, 0) is 5.56 Å². The lowest BCUT2D eigenvalue weighted by atomic mass is 10.2. The molecule has 0 atom stereocenters. The molecule has 0 amide bonds. The van der Waals surface area contributed by atoms with E-state index in [0.29, 0.717) is 12.4 Å². The summed E-state index contributed by atoms with van der Waals surface area (Å²) < 4.78 is 0. The number of anilines is 2. The first-order valence-electron chi connectivity index (χ1n) is 5.98. The van der Waals surface area contributed by atoms with Gasteiger partial charge in [0.1, 0.15) is 11.6 Å². The first kappa shape index (κ1) is 13.8. The van der Waals surface area contributed by atoms with Crippen LogP contribution >= 0.6 is 0 Å². The number of nitrogen functional groups attached to an aromatic ring is 1. The van der Waals surface area contributed by atoms with Crippen LogP contribution in [0.4, 0.5) is 17.3 Å². The van der Waals surface area contributed by atoms with Crippen LogP contribution in [-0.2, 0) is 6.54 Å². The second-order valence-corrected chi connectivity index (χ2v) is 4.31. The van der Waals surface area contributed by atoms with Crippen molar-refractivity contribution in [2.24, 2.45) is 5.84 Å².